The van der Waals surface area contributed by atoms with Crippen LogP contribution in [0.25, 0.3) is 0 Å². The van der Waals surface area contributed by atoms with Crippen LogP contribution in [-0.2, 0) is 9.59 Å². The van der Waals surface area contributed by atoms with Gasteiger partial charge in [-0.15, -0.1) is 0 Å². The van der Waals surface area contributed by atoms with Gasteiger partial charge in [0.15, 0.2) is 0 Å². The predicted molar refractivity (Wildman–Crippen MR) is 59.2 cm³/mol. The smallest absolute Gasteiger partial charge is 0.308 e. The third-order valence-corrected chi connectivity index (χ3v) is 2.54. The van der Waals surface area contributed by atoms with Crippen LogP contribution in [0.4, 0.5) is 0 Å². The number of rotatable bonds is 5. The van der Waals surface area contributed by atoms with E-state index >= 15 is 0 Å². The first-order valence-corrected chi connectivity index (χ1v) is 5.25. The molecule has 1 amide bonds. The molecule has 0 radical (unpaired) electrons. The molecule has 0 aliphatic carbocycles. The van der Waals surface area contributed by atoms with E-state index in [1.165, 1.54) is 22.2 Å². The maximum atomic E-state index is 11.9. The second kappa shape index (κ2) is 5.42. The van der Waals surface area contributed by atoms with Gasteiger partial charge in [-0.2, -0.15) is 5.10 Å². The standard InChI is InChI=1S/C10H16N4O3/c1-7(10(16)17)4-13(3)9(15)8(2)14-6-11-5-12-14/h5-8H,4H2,1-3H3,(H,16,17). The van der Waals surface area contributed by atoms with Crippen molar-refractivity contribution in [3.63, 3.8) is 0 Å². The predicted octanol–water partition coefficient (Wildman–Crippen LogP) is 0.0182. The van der Waals surface area contributed by atoms with Crippen LogP contribution in [0.15, 0.2) is 12.7 Å². The zero-order chi connectivity index (χ0) is 13.0. The van der Waals surface area contributed by atoms with Crippen molar-refractivity contribution in [2.45, 2.75) is 19.9 Å². The molecular formula is C10H16N4O3. The number of amides is 1. The van der Waals surface area contributed by atoms with Crippen LogP contribution in [0.5, 0.6) is 0 Å². The molecule has 0 aromatic carbocycles. The van der Waals surface area contributed by atoms with Crippen molar-refractivity contribution < 1.29 is 14.7 Å². The maximum absolute atomic E-state index is 11.9. The van der Waals surface area contributed by atoms with E-state index in [-0.39, 0.29) is 12.5 Å². The highest BCUT2D eigenvalue weighted by molar-refractivity contribution is 5.80. The second-order valence-electron chi connectivity index (χ2n) is 4.01. The fourth-order valence-corrected chi connectivity index (χ4v) is 1.43. The van der Waals surface area contributed by atoms with Crippen LogP contribution in [0.1, 0.15) is 19.9 Å². The molecule has 7 heteroatoms. The minimum absolute atomic E-state index is 0.174. The molecule has 0 saturated carbocycles. The minimum atomic E-state index is -0.918. The number of carbonyl (C=O) groups is 2. The van der Waals surface area contributed by atoms with Crippen LogP contribution in [0.2, 0.25) is 0 Å². The van der Waals surface area contributed by atoms with Gasteiger partial charge in [0.25, 0.3) is 0 Å². The summed E-state index contributed by atoms with van der Waals surface area (Å²) in [6.07, 6.45) is 2.81. The van der Waals surface area contributed by atoms with Crippen molar-refractivity contribution in [2.24, 2.45) is 5.92 Å². The van der Waals surface area contributed by atoms with Gasteiger partial charge < -0.3 is 10.0 Å². The van der Waals surface area contributed by atoms with E-state index in [4.69, 9.17) is 5.11 Å². The summed E-state index contributed by atoms with van der Waals surface area (Å²) in [7, 11) is 1.58. The molecule has 1 aromatic heterocycles. The van der Waals surface area contributed by atoms with Gasteiger partial charge in [-0.1, -0.05) is 6.92 Å². The number of likely N-dealkylation sites (N-methyl/N-ethyl adjacent to an activating group) is 1. The van der Waals surface area contributed by atoms with E-state index < -0.39 is 17.9 Å². The summed E-state index contributed by atoms with van der Waals surface area (Å²) in [6.45, 7) is 3.43. The average molecular weight is 240 g/mol. The monoisotopic (exact) mass is 240 g/mol. The average Bonchev–Trinajstić information content (AvgIpc) is 2.80. The van der Waals surface area contributed by atoms with Crippen LogP contribution >= 0.6 is 0 Å². The zero-order valence-corrected chi connectivity index (χ0v) is 10.1. The topological polar surface area (TPSA) is 88.3 Å². The molecule has 2 unspecified atom stereocenters. The molecular weight excluding hydrogens is 224 g/mol. The third kappa shape index (κ3) is 3.27. The third-order valence-electron chi connectivity index (χ3n) is 2.54. The van der Waals surface area contributed by atoms with E-state index in [0.29, 0.717) is 0 Å². The Labute approximate surface area is 99.1 Å². The van der Waals surface area contributed by atoms with Crippen molar-refractivity contribution in [3.05, 3.63) is 12.7 Å². The van der Waals surface area contributed by atoms with Gasteiger partial charge in [0.05, 0.1) is 5.92 Å². The number of aromatic nitrogens is 3. The highest BCUT2D eigenvalue weighted by atomic mass is 16.4. The number of carboxylic acids is 1. The van der Waals surface area contributed by atoms with Crippen LogP contribution in [0.3, 0.4) is 0 Å². The van der Waals surface area contributed by atoms with E-state index in [1.54, 1.807) is 20.9 Å². The molecule has 0 saturated heterocycles. The fraction of sp³-hybridized carbons (Fsp3) is 0.600. The van der Waals surface area contributed by atoms with Crippen molar-refractivity contribution in [1.82, 2.24) is 19.7 Å². The number of carboxylic acid groups (broad SMARTS) is 1. The lowest BCUT2D eigenvalue weighted by molar-refractivity contribution is -0.143. The summed E-state index contributed by atoms with van der Waals surface area (Å²) in [5, 5.41) is 12.6. The molecule has 1 N–H and O–H groups in total. The maximum Gasteiger partial charge on any atom is 0.308 e. The Morgan fingerprint density at radius 2 is 2.12 bits per heavy atom. The van der Waals surface area contributed by atoms with Gasteiger partial charge in [0.1, 0.15) is 18.7 Å². The van der Waals surface area contributed by atoms with Crippen LogP contribution in [-0.4, -0.2) is 50.2 Å². The zero-order valence-electron chi connectivity index (χ0n) is 10.1. The lowest BCUT2D eigenvalue weighted by atomic mass is 10.1. The highest BCUT2D eigenvalue weighted by Gasteiger charge is 2.22. The molecule has 2 atom stereocenters. The van der Waals surface area contributed by atoms with E-state index in [2.05, 4.69) is 10.1 Å². The van der Waals surface area contributed by atoms with Gasteiger partial charge in [0, 0.05) is 13.6 Å². The molecule has 0 fully saturated rings. The van der Waals surface area contributed by atoms with Crippen molar-refractivity contribution >= 4 is 11.9 Å². The first-order chi connectivity index (χ1) is 7.93. The Morgan fingerprint density at radius 3 is 2.59 bits per heavy atom. The number of carbonyl (C=O) groups excluding carboxylic acids is 1. The largest absolute Gasteiger partial charge is 0.481 e. The Bertz CT molecular complexity index is 390. The summed E-state index contributed by atoms with van der Waals surface area (Å²) in [6, 6.07) is -0.483. The van der Waals surface area contributed by atoms with Crippen molar-refractivity contribution in [1.29, 1.82) is 0 Å². The summed E-state index contributed by atoms with van der Waals surface area (Å²) in [5.74, 6) is -1.70. The number of nitrogens with zero attached hydrogens (tertiary/aromatic N) is 4. The highest BCUT2D eigenvalue weighted by Crippen LogP contribution is 2.08. The van der Waals surface area contributed by atoms with Crippen LogP contribution in [0, 0.1) is 5.92 Å². The lowest BCUT2D eigenvalue weighted by Gasteiger charge is -2.22. The molecule has 1 rings (SSSR count). The summed E-state index contributed by atoms with van der Waals surface area (Å²) >= 11 is 0. The normalized spacial score (nSPS) is 14.1. The lowest BCUT2D eigenvalue weighted by Crippen LogP contribution is -2.37. The minimum Gasteiger partial charge on any atom is -0.481 e. The van der Waals surface area contributed by atoms with E-state index in [9.17, 15) is 9.59 Å². The van der Waals surface area contributed by atoms with Gasteiger partial charge in [0.2, 0.25) is 5.91 Å². The van der Waals surface area contributed by atoms with Gasteiger partial charge in [-0.05, 0) is 6.92 Å². The quantitative estimate of drug-likeness (QED) is 0.783. The Balaban J connectivity index is 2.61. The molecule has 1 aromatic rings. The van der Waals surface area contributed by atoms with Gasteiger partial charge >= 0.3 is 5.97 Å². The Morgan fingerprint density at radius 1 is 1.47 bits per heavy atom. The molecule has 0 spiro atoms. The molecule has 94 valence electrons. The number of aliphatic carboxylic acids is 1. The van der Waals surface area contributed by atoms with Crippen molar-refractivity contribution in [3.8, 4) is 0 Å². The van der Waals surface area contributed by atoms with Gasteiger partial charge in [-0.25, -0.2) is 9.67 Å². The Hall–Kier alpha value is -1.92. The fourth-order valence-electron chi connectivity index (χ4n) is 1.43. The summed E-state index contributed by atoms with van der Waals surface area (Å²) in [4.78, 5) is 27.8. The first kappa shape index (κ1) is 13.1. The van der Waals surface area contributed by atoms with Crippen LogP contribution < -0.4 is 0 Å². The van der Waals surface area contributed by atoms with Crippen molar-refractivity contribution in [2.75, 3.05) is 13.6 Å². The Kier molecular flexibility index (Phi) is 4.19. The number of hydrogen-bond acceptors (Lipinski definition) is 4. The molecule has 17 heavy (non-hydrogen) atoms. The summed E-state index contributed by atoms with van der Waals surface area (Å²) in [5.41, 5.74) is 0. The van der Waals surface area contributed by atoms with E-state index in [0.717, 1.165) is 0 Å². The second-order valence-corrected chi connectivity index (χ2v) is 4.01. The summed E-state index contributed by atoms with van der Waals surface area (Å²) < 4.78 is 1.43. The molecule has 7 nitrogen and oxygen atoms in total. The molecule has 1 heterocycles. The molecule has 0 bridgehead atoms. The van der Waals surface area contributed by atoms with Gasteiger partial charge in [-0.3, -0.25) is 9.59 Å². The first-order valence-electron chi connectivity index (χ1n) is 5.25. The molecule has 0 aliphatic heterocycles. The van der Waals surface area contributed by atoms with E-state index in [1.807, 2.05) is 0 Å². The molecule has 0 aliphatic rings. The SMILES string of the molecule is CC(CN(C)C(=O)C(C)n1cncn1)C(=O)O. The number of hydrogen-bond donors (Lipinski definition) is 1.